The second-order valence-electron chi connectivity index (χ2n) is 7.01. The topological polar surface area (TPSA) is 108 Å². The fourth-order valence-corrected chi connectivity index (χ4v) is 3.73. The number of allylic oxidation sites excluding steroid dienone is 3. The van der Waals surface area contributed by atoms with Crippen molar-refractivity contribution in [1.29, 1.82) is 0 Å². The molecule has 2 heterocycles. The van der Waals surface area contributed by atoms with Crippen LogP contribution in [0.2, 0.25) is 0 Å². The van der Waals surface area contributed by atoms with E-state index in [2.05, 4.69) is 0 Å². The lowest BCUT2D eigenvalue weighted by molar-refractivity contribution is -0.143. The summed E-state index contributed by atoms with van der Waals surface area (Å²) in [4.78, 5) is 53.0. The van der Waals surface area contributed by atoms with Crippen molar-refractivity contribution < 1.29 is 38.1 Å². The third-order valence-corrected chi connectivity index (χ3v) is 5.22. The third kappa shape index (κ3) is 4.40. The zero-order valence-corrected chi connectivity index (χ0v) is 19.1. The summed E-state index contributed by atoms with van der Waals surface area (Å²) in [5, 5.41) is 0. The molecule has 9 heteroatoms. The van der Waals surface area contributed by atoms with Crippen LogP contribution in [0.3, 0.4) is 0 Å². The molecule has 0 aliphatic carbocycles. The van der Waals surface area contributed by atoms with Crippen LogP contribution in [0, 0.1) is 0 Å². The summed E-state index contributed by atoms with van der Waals surface area (Å²) in [7, 11) is 4.46. The van der Waals surface area contributed by atoms with Gasteiger partial charge in [-0.15, -0.1) is 0 Å². The van der Waals surface area contributed by atoms with Crippen LogP contribution >= 0.6 is 0 Å². The lowest BCUT2D eigenvalue weighted by Crippen LogP contribution is -2.46. The molecule has 0 bridgehead atoms. The number of rotatable bonds is 6. The van der Waals surface area contributed by atoms with Gasteiger partial charge >= 0.3 is 23.9 Å². The zero-order valence-electron chi connectivity index (χ0n) is 19.1. The van der Waals surface area contributed by atoms with Gasteiger partial charge in [0.15, 0.2) is 0 Å². The van der Waals surface area contributed by atoms with Crippen LogP contribution in [-0.4, -0.2) is 63.3 Å². The SMILES string of the molecule is COC(=O)C1=C(C(=O)OC)C2C=CC=C(C=Cc3ccccc3)N2C(C(=O)OC)=C1C(=O)OC. The average Bonchev–Trinajstić information content (AvgIpc) is 2.89. The Morgan fingerprint density at radius 2 is 1.35 bits per heavy atom. The van der Waals surface area contributed by atoms with E-state index in [0.29, 0.717) is 5.70 Å². The standard InChI is InChI=1S/C25H23NO8/c1-31-22(27)18-17-12-8-11-16(14-13-15-9-6-5-7-10-15)26(17)21(25(30)34-4)20(24(29)33-3)19(18)23(28)32-2/h5-14,17H,1-4H3. The molecule has 1 aromatic rings. The van der Waals surface area contributed by atoms with Gasteiger partial charge in [0.05, 0.1) is 45.6 Å². The number of esters is 4. The molecule has 1 unspecified atom stereocenters. The molecule has 0 aromatic heterocycles. The first-order valence-electron chi connectivity index (χ1n) is 10.1. The van der Waals surface area contributed by atoms with E-state index in [0.717, 1.165) is 34.0 Å². The number of methoxy groups -OCH3 is 4. The van der Waals surface area contributed by atoms with Gasteiger partial charge in [-0.05, 0) is 17.7 Å². The van der Waals surface area contributed by atoms with Gasteiger partial charge in [-0.25, -0.2) is 19.2 Å². The average molecular weight is 465 g/mol. The van der Waals surface area contributed by atoms with Crippen molar-refractivity contribution in [3.63, 3.8) is 0 Å². The molecule has 0 amide bonds. The summed E-state index contributed by atoms with van der Waals surface area (Å²) in [5.41, 5.74) is -0.0308. The van der Waals surface area contributed by atoms with Crippen LogP contribution < -0.4 is 0 Å². The van der Waals surface area contributed by atoms with Gasteiger partial charge in [-0.2, -0.15) is 0 Å². The fraction of sp³-hybridized carbons (Fsp3) is 0.200. The molecule has 2 aliphatic heterocycles. The van der Waals surface area contributed by atoms with Crippen molar-refractivity contribution in [3.05, 3.63) is 88.3 Å². The molecule has 1 aromatic carbocycles. The van der Waals surface area contributed by atoms with E-state index in [4.69, 9.17) is 18.9 Å². The highest BCUT2D eigenvalue weighted by Crippen LogP contribution is 2.40. The van der Waals surface area contributed by atoms with E-state index >= 15 is 0 Å². The largest absolute Gasteiger partial charge is 0.466 e. The number of carbonyl (C=O) groups excluding carboxylic acids is 4. The van der Waals surface area contributed by atoms with Crippen molar-refractivity contribution in [2.45, 2.75) is 6.04 Å². The molecular weight excluding hydrogens is 442 g/mol. The number of hydrogen-bond donors (Lipinski definition) is 0. The smallest absolute Gasteiger partial charge is 0.355 e. The maximum Gasteiger partial charge on any atom is 0.355 e. The maximum absolute atomic E-state index is 13.0. The number of benzene rings is 1. The second-order valence-corrected chi connectivity index (χ2v) is 7.01. The minimum absolute atomic E-state index is 0.183. The number of ether oxygens (including phenoxy) is 4. The highest BCUT2D eigenvalue weighted by molar-refractivity contribution is 6.17. The first-order chi connectivity index (χ1) is 16.4. The lowest BCUT2D eigenvalue weighted by Gasteiger charge is -2.40. The molecular formula is C25H23NO8. The van der Waals surface area contributed by atoms with Gasteiger partial charge in [-0.3, -0.25) is 0 Å². The Morgan fingerprint density at radius 3 is 1.94 bits per heavy atom. The predicted octanol–water partition coefficient (Wildman–Crippen LogP) is 2.08. The van der Waals surface area contributed by atoms with Gasteiger partial charge in [0, 0.05) is 5.70 Å². The monoisotopic (exact) mass is 465 g/mol. The first-order valence-corrected chi connectivity index (χ1v) is 10.1. The van der Waals surface area contributed by atoms with Gasteiger partial charge < -0.3 is 23.8 Å². The number of hydrogen-bond acceptors (Lipinski definition) is 9. The van der Waals surface area contributed by atoms with Crippen LogP contribution in [0.25, 0.3) is 6.08 Å². The van der Waals surface area contributed by atoms with Crippen LogP contribution in [0.15, 0.2) is 82.7 Å². The van der Waals surface area contributed by atoms with Crippen LogP contribution in [0.4, 0.5) is 0 Å². The van der Waals surface area contributed by atoms with E-state index in [1.165, 1.54) is 4.90 Å². The third-order valence-electron chi connectivity index (χ3n) is 5.22. The Bertz CT molecular complexity index is 1170. The van der Waals surface area contributed by atoms with Crippen LogP contribution in [0.5, 0.6) is 0 Å². The quantitative estimate of drug-likeness (QED) is 0.461. The van der Waals surface area contributed by atoms with Gasteiger partial charge in [-0.1, -0.05) is 48.6 Å². The molecule has 34 heavy (non-hydrogen) atoms. The molecule has 0 spiro atoms. The Kier molecular flexibility index (Phi) is 7.47. The van der Waals surface area contributed by atoms with Crippen molar-refractivity contribution in [2.24, 2.45) is 0 Å². The number of carbonyl (C=O) groups is 4. The van der Waals surface area contributed by atoms with Crippen LogP contribution in [0.1, 0.15) is 5.56 Å². The van der Waals surface area contributed by atoms with E-state index in [1.807, 2.05) is 30.3 Å². The normalized spacial score (nSPS) is 17.2. The molecule has 0 fully saturated rings. The number of fused-ring (bicyclic) bond motifs is 1. The molecule has 0 radical (unpaired) electrons. The summed E-state index contributed by atoms with van der Waals surface area (Å²) in [5.74, 6) is -3.82. The highest BCUT2D eigenvalue weighted by atomic mass is 16.5. The Hall–Kier alpha value is -4.40. The molecule has 1 atom stereocenters. The van der Waals surface area contributed by atoms with E-state index in [-0.39, 0.29) is 11.3 Å². The molecule has 0 saturated heterocycles. The second kappa shape index (κ2) is 10.5. The summed E-state index contributed by atoms with van der Waals surface area (Å²) >= 11 is 0. The minimum Gasteiger partial charge on any atom is -0.466 e. The molecule has 9 nitrogen and oxygen atoms in total. The fourth-order valence-electron chi connectivity index (χ4n) is 3.73. The summed E-state index contributed by atoms with van der Waals surface area (Å²) < 4.78 is 19.6. The van der Waals surface area contributed by atoms with Crippen molar-refractivity contribution in [3.8, 4) is 0 Å². The summed E-state index contributed by atoms with van der Waals surface area (Å²) in [6.45, 7) is 0. The summed E-state index contributed by atoms with van der Waals surface area (Å²) in [6.07, 6.45) is 8.45. The molecule has 3 rings (SSSR count). The molecule has 0 N–H and O–H groups in total. The van der Waals surface area contributed by atoms with Gasteiger partial charge in [0.25, 0.3) is 0 Å². The van der Waals surface area contributed by atoms with Gasteiger partial charge in [0.1, 0.15) is 11.3 Å². The molecule has 2 aliphatic rings. The lowest BCUT2D eigenvalue weighted by atomic mass is 9.85. The maximum atomic E-state index is 13.0. The van der Waals surface area contributed by atoms with E-state index < -0.39 is 41.1 Å². The van der Waals surface area contributed by atoms with Crippen molar-refractivity contribution in [1.82, 2.24) is 4.90 Å². The van der Waals surface area contributed by atoms with Crippen molar-refractivity contribution in [2.75, 3.05) is 28.4 Å². The Balaban J connectivity index is 2.33. The number of nitrogens with zero attached hydrogens (tertiary/aromatic N) is 1. The molecule has 0 saturated carbocycles. The predicted molar refractivity (Wildman–Crippen MR) is 120 cm³/mol. The van der Waals surface area contributed by atoms with Crippen molar-refractivity contribution >= 4 is 30.0 Å². The summed E-state index contributed by atoms with van der Waals surface area (Å²) in [6, 6.07) is 8.42. The first kappa shape index (κ1) is 24.2. The highest BCUT2D eigenvalue weighted by Gasteiger charge is 2.47. The minimum atomic E-state index is -1.03. The van der Waals surface area contributed by atoms with E-state index in [9.17, 15) is 19.2 Å². The zero-order chi connectivity index (χ0) is 24.8. The van der Waals surface area contributed by atoms with E-state index in [1.54, 1.807) is 30.4 Å². The Labute approximate surface area is 196 Å². The molecule has 176 valence electrons. The Morgan fingerprint density at radius 1 is 0.765 bits per heavy atom. The van der Waals surface area contributed by atoms with Crippen LogP contribution in [-0.2, 0) is 38.1 Å². The van der Waals surface area contributed by atoms with Gasteiger partial charge in [0.2, 0.25) is 0 Å².